The molecule has 0 bridgehead atoms. The lowest BCUT2D eigenvalue weighted by atomic mass is 9.40. The minimum absolute atomic E-state index is 0.00430. The van der Waals surface area contributed by atoms with E-state index in [0.29, 0.717) is 17.5 Å². The van der Waals surface area contributed by atoms with E-state index in [1.807, 2.05) is 30.3 Å². The van der Waals surface area contributed by atoms with E-state index in [9.17, 15) is 39.9 Å². The highest BCUT2D eigenvalue weighted by Gasteiger charge is 2.77. The van der Waals surface area contributed by atoms with Gasteiger partial charge in [-0.25, -0.2) is 0 Å². The normalized spacial score (nSPS) is 33.2. The monoisotopic (exact) mass is 584 g/mol. The molecule has 2 aromatic carbocycles. The molecule has 0 aromatic heterocycles. The maximum Gasteiger partial charge on any atom is 0.203 e. The number of phenols is 1. The highest BCUT2D eigenvalue weighted by atomic mass is 16.4. The first-order valence-corrected chi connectivity index (χ1v) is 14.6. The predicted octanol–water partition coefficient (Wildman–Crippen LogP) is 4.82. The van der Waals surface area contributed by atoms with E-state index in [2.05, 4.69) is 0 Å². The van der Waals surface area contributed by atoms with Crippen LogP contribution in [0.3, 0.4) is 0 Å². The Bertz CT molecular complexity index is 1760. The van der Waals surface area contributed by atoms with Crippen LogP contribution in [0.25, 0.3) is 17.4 Å². The molecule has 6 rings (SSSR count). The lowest BCUT2D eigenvalue weighted by molar-refractivity contribution is -0.215. The Morgan fingerprint density at radius 3 is 2.28 bits per heavy atom. The molecule has 1 unspecified atom stereocenters. The zero-order valence-corrected chi connectivity index (χ0v) is 25.0. The number of aromatic hydroxyl groups is 1. The molecule has 0 heterocycles. The fourth-order valence-electron chi connectivity index (χ4n) is 8.64. The van der Waals surface area contributed by atoms with Crippen LogP contribution >= 0.6 is 0 Å². The molecular weight excluding hydrogens is 548 g/mol. The topological polar surface area (TPSA) is 152 Å². The summed E-state index contributed by atoms with van der Waals surface area (Å²) in [7, 11) is 0. The number of benzene rings is 2. The number of carbonyl (C=O) groups is 3. The molecule has 8 heteroatoms. The van der Waals surface area contributed by atoms with E-state index in [1.165, 1.54) is 6.92 Å². The van der Waals surface area contributed by atoms with Gasteiger partial charge in [-0.05, 0) is 47.4 Å². The number of phenolic OH excluding ortho intramolecular Hbond substituents is 1. The third-order valence-corrected chi connectivity index (χ3v) is 10.9. The fraction of sp³-hybridized carbons (Fsp3) is 0.400. The van der Waals surface area contributed by atoms with Crippen molar-refractivity contribution in [3.05, 3.63) is 81.1 Å². The van der Waals surface area contributed by atoms with Crippen molar-refractivity contribution in [3.8, 4) is 5.75 Å². The highest BCUT2D eigenvalue weighted by Crippen LogP contribution is 2.67. The maximum atomic E-state index is 14.6. The van der Waals surface area contributed by atoms with E-state index in [4.69, 9.17) is 0 Å². The molecule has 43 heavy (non-hydrogen) atoms. The average Bonchev–Trinajstić information content (AvgIpc) is 3.37. The molecule has 6 atom stereocenters. The minimum atomic E-state index is -2.90. The number of hydrogen-bond donors (Lipinski definition) is 5. The van der Waals surface area contributed by atoms with Gasteiger partial charge in [0.2, 0.25) is 5.78 Å². The largest absolute Gasteiger partial charge is 0.508 e. The van der Waals surface area contributed by atoms with E-state index in [-0.39, 0.29) is 16.9 Å². The van der Waals surface area contributed by atoms with Crippen LogP contribution in [0, 0.1) is 22.7 Å². The van der Waals surface area contributed by atoms with Crippen LogP contribution < -0.4 is 0 Å². The van der Waals surface area contributed by atoms with Crippen molar-refractivity contribution in [2.75, 3.05) is 0 Å². The van der Waals surface area contributed by atoms with Crippen molar-refractivity contribution in [1.29, 1.82) is 0 Å². The number of ketones is 3. The number of fused-ring (bicyclic) bond motifs is 4. The summed E-state index contributed by atoms with van der Waals surface area (Å²) in [6.07, 6.45) is 0.863. The van der Waals surface area contributed by atoms with Crippen LogP contribution in [0.1, 0.15) is 75.3 Å². The molecule has 0 radical (unpaired) electrons. The van der Waals surface area contributed by atoms with Gasteiger partial charge in [0.05, 0.1) is 17.2 Å². The number of rotatable bonds is 3. The van der Waals surface area contributed by atoms with Crippen LogP contribution in [0.4, 0.5) is 0 Å². The molecule has 1 fully saturated rings. The first-order valence-electron chi connectivity index (χ1n) is 14.6. The average molecular weight is 585 g/mol. The van der Waals surface area contributed by atoms with Gasteiger partial charge in [-0.2, -0.15) is 0 Å². The molecule has 224 valence electrons. The van der Waals surface area contributed by atoms with Gasteiger partial charge in [0, 0.05) is 22.3 Å². The zero-order valence-electron chi connectivity index (χ0n) is 25.0. The molecule has 4 aliphatic rings. The number of aliphatic hydroxyl groups excluding tert-OH is 3. The van der Waals surface area contributed by atoms with E-state index in [0.717, 1.165) is 23.6 Å². The van der Waals surface area contributed by atoms with Gasteiger partial charge < -0.3 is 25.5 Å². The van der Waals surface area contributed by atoms with Crippen LogP contribution in [-0.4, -0.2) is 54.6 Å². The van der Waals surface area contributed by atoms with Gasteiger partial charge in [0.25, 0.3) is 0 Å². The Labute approximate surface area is 249 Å². The number of carbonyl (C=O) groups excluding carboxylic acids is 3. The first-order chi connectivity index (χ1) is 20.1. The fourth-order valence-corrected chi connectivity index (χ4v) is 8.64. The second-order valence-corrected chi connectivity index (χ2v) is 13.3. The summed E-state index contributed by atoms with van der Waals surface area (Å²) in [4.78, 5) is 40.9. The smallest absolute Gasteiger partial charge is 0.203 e. The summed E-state index contributed by atoms with van der Waals surface area (Å²) in [5, 5.41) is 59.4. The number of allylic oxidation sites excluding steroid dienone is 2. The Morgan fingerprint density at radius 2 is 1.67 bits per heavy atom. The van der Waals surface area contributed by atoms with Crippen molar-refractivity contribution in [1.82, 2.24) is 0 Å². The molecule has 1 saturated carbocycles. The van der Waals surface area contributed by atoms with Crippen molar-refractivity contribution in [2.45, 2.75) is 65.6 Å². The predicted molar refractivity (Wildman–Crippen MR) is 160 cm³/mol. The van der Waals surface area contributed by atoms with Gasteiger partial charge >= 0.3 is 0 Å². The van der Waals surface area contributed by atoms with Crippen molar-refractivity contribution in [2.24, 2.45) is 22.7 Å². The summed E-state index contributed by atoms with van der Waals surface area (Å²) in [6.45, 7) is 9.16. The Morgan fingerprint density at radius 1 is 1.02 bits per heavy atom. The Balaban J connectivity index is 1.62. The molecule has 2 aromatic rings. The van der Waals surface area contributed by atoms with E-state index in [1.54, 1.807) is 39.8 Å². The third kappa shape index (κ3) is 3.25. The lowest BCUT2D eigenvalue weighted by Gasteiger charge is -2.63. The molecule has 0 spiro atoms. The first kappa shape index (κ1) is 29.1. The van der Waals surface area contributed by atoms with E-state index >= 15 is 0 Å². The van der Waals surface area contributed by atoms with E-state index < -0.39 is 74.7 Å². The summed E-state index contributed by atoms with van der Waals surface area (Å²) in [5.74, 6) is -7.14. The van der Waals surface area contributed by atoms with Gasteiger partial charge in [-0.15, -0.1) is 0 Å². The number of aliphatic hydroxyl groups is 4. The number of Topliss-reactive ketones (excluding diaryl/α,β-unsaturated/α-hetero) is 3. The van der Waals surface area contributed by atoms with Gasteiger partial charge in [-0.3, -0.25) is 14.4 Å². The van der Waals surface area contributed by atoms with Crippen LogP contribution in [-0.2, 0) is 20.8 Å². The second-order valence-electron chi connectivity index (χ2n) is 13.3. The van der Waals surface area contributed by atoms with Gasteiger partial charge in [-0.1, -0.05) is 77.1 Å². The summed E-state index contributed by atoms with van der Waals surface area (Å²) in [6, 6.07) is 11.3. The van der Waals surface area contributed by atoms with Crippen molar-refractivity contribution in [3.63, 3.8) is 0 Å². The third-order valence-electron chi connectivity index (χ3n) is 10.9. The van der Waals surface area contributed by atoms with Gasteiger partial charge in [0.15, 0.2) is 17.2 Å². The zero-order chi connectivity index (χ0) is 31.5. The molecule has 0 aliphatic heterocycles. The molecule has 4 aliphatic carbocycles. The molecule has 0 saturated heterocycles. The maximum absolute atomic E-state index is 14.6. The van der Waals surface area contributed by atoms with Crippen LogP contribution in [0.5, 0.6) is 5.75 Å². The van der Waals surface area contributed by atoms with Crippen LogP contribution in [0.2, 0.25) is 0 Å². The second kappa shape index (κ2) is 9.00. The Hall–Kier alpha value is -4.01. The summed E-state index contributed by atoms with van der Waals surface area (Å²) in [5.41, 5.74) is -3.61. The van der Waals surface area contributed by atoms with Crippen molar-refractivity contribution < 1.29 is 39.9 Å². The Kier molecular flexibility index (Phi) is 6.09. The quantitative estimate of drug-likeness (QED) is 0.322. The summed E-state index contributed by atoms with van der Waals surface area (Å²) >= 11 is 0. The molecular formula is C35H36O8. The molecule has 5 N–H and O–H groups in total. The standard InChI is InChI=1S/C35H36O8/c1-15(2)25-28(38)23(17(4)36)30(40)35(43)31(41)26-29(39)24-21(16(3)33(26,5)32(42)34(25,35)6)11-12-22(27(24)37)20-13-18-9-7-8-10-19(18)14-20/h7-13,15-16,25,32,37,39-40,42-43H,14H2,1-6H3/t16-,25?,32-,33+,34+,35+/m1/s1. The lowest BCUT2D eigenvalue weighted by Crippen LogP contribution is -2.75. The molecule has 0 amide bonds. The molecule has 8 nitrogen and oxygen atoms in total. The minimum Gasteiger partial charge on any atom is -0.508 e. The number of hydrogen-bond acceptors (Lipinski definition) is 8. The van der Waals surface area contributed by atoms with Crippen LogP contribution in [0.15, 0.2) is 53.3 Å². The van der Waals surface area contributed by atoms with Crippen molar-refractivity contribution >= 4 is 34.8 Å². The summed E-state index contributed by atoms with van der Waals surface area (Å²) < 4.78 is 0. The highest BCUT2D eigenvalue weighted by molar-refractivity contribution is 6.24. The van der Waals surface area contributed by atoms with Gasteiger partial charge in [0.1, 0.15) is 22.8 Å². The SMILES string of the molecule is CC(=O)C1=C(O)[C@]2(O)C(=O)C3=C(O)c4c(ccc(C5=Cc6ccccc6C5)c4O)[C@@H](C)[C@]3(C)[C@@H](O)[C@]2(C)C(C(C)C)C1=O.